The summed E-state index contributed by atoms with van der Waals surface area (Å²) < 4.78 is 14.6. The molecule has 3 N–H and O–H groups in total. The summed E-state index contributed by atoms with van der Waals surface area (Å²) in [7, 11) is 0. The fraction of sp³-hybridized carbons (Fsp3) is 0.333. The van der Waals surface area contributed by atoms with Gasteiger partial charge in [-0.05, 0) is 54.7 Å². The Hall–Kier alpha value is -3.83. The van der Waals surface area contributed by atoms with Gasteiger partial charge in [-0.1, -0.05) is 12.1 Å². The molecule has 3 aromatic rings. The van der Waals surface area contributed by atoms with Crippen LogP contribution in [0.15, 0.2) is 54.0 Å². The van der Waals surface area contributed by atoms with Crippen molar-refractivity contribution in [2.75, 3.05) is 43.4 Å². The Labute approximate surface area is 224 Å². The molecule has 5 rings (SSSR count). The zero-order valence-electron chi connectivity index (χ0n) is 20.8. The van der Waals surface area contributed by atoms with Crippen molar-refractivity contribution in [3.8, 4) is 0 Å². The number of rotatable bonds is 8. The first-order chi connectivity index (χ1) is 18.4. The van der Waals surface area contributed by atoms with Crippen molar-refractivity contribution in [1.29, 1.82) is 0 Å². The molecule has 0 spiro atoms. The molecule has 2 aliphatic rings. The lowest BCUT2D eigenvalue weighted by atomic mass is 10.1. The average molecular weight is 537 g/mol. The largest absolute Gasteiger partial charge is 0.338 e. The van der Waals surface area contributed by atoms with Gasteiger partial charge < -0.3 is 15.5 Å². The predicted molar refractivity (Wildman–Crippen MR) is 144 cm³/mol. The van der Waals surface area contributed by atoms with Gasteiger partial charge in [0.05, 0.1) is 5.69 Å². The number of hydrogen-bond donors (Lipinski definition) is 3. The number of carbonyl (C=O) groups excluding carboxylic acids is 3. The van der Waals surface area contributed by atoms with Gasteiger partial charge in [0.2, 0.25) is 0 Å². The lowest BCUT2D eigenvalue weighted by Gasteiger charge is -2.35. The van der Waals surface area contributed by atoms with E-state index >= 15 is 0 Å². The van der Waals surface area contributed by atoms with Crippen molar-refractivity contribution in [1.82, 2.24) is 20.1 Å². The molecule has 11 heteroatoms. The van der Waals surface area contributed by atoms with Crippen LogP contribution in [0.1, 0.15) is 39.1 Å². The van der Waals surface area contributed by atoms with Crippen LogP contribution in [-0.4, -0.2) is 65.4 Å². The van der Waals surface area contributed by atoms with E-state index in [9.17, 15) is 18.8 Å². The van der Waals surface area contributed by atoms with Crippen LogP contribution in [0.4, 0.5) is 20.0 Å². The van der Waals surface area contributed by atoms with Crippen LogP contribution in [0.3, 0.4) is 0 Å². The van der Waals surface area contributed by atoms with Gasteiger partial charge in [0.1, 0.15) is 5.82 Å². The molecular formula is C27H29FN6O3S. The molecule has 4 amide bonds. The highest BCUT2D eigenvalue weighted by molar-refractivity contribution is 7.13. The van der Waals surface area contributed by atoms with E-state index < -0.39 is 11.8 Å². The fourth-order valence-corrected chi connectivity index (χ4v) is 4.81. The van der Waals surface area contributed by atoms with E-state index in [0.717, 1.165) is 18.4 Å². The number of nitrogens with zero attached hydrogens (tertiary/aromatic N) is 3. The second-order valence-corrected chi connectivity index (χ2v) is 10.4. The standard InChI is InChI=1S/C27H29FN6O3S/c28-22-15-21(6-7-23(22)31-26(37)30-16-18-4-5-18)25(36)34-11-9-33(10-12-34)17-19-2-1-3-20(14-19)24(35)32-27-29-8-13-38-27/h1-3,6-8,13-15,18H,4-5,9-12,16-17H2,(H,29,32,35)(H2,30,31,37). The van der Waals surface area contributed by atoms with E-state index in [0.29, 0.717) is 55.9 Å². The highest BCUT2D eigenvalue weighted by atomic mass is 32.1. The number of halogens is 1. The molecule has 1 aliphatic carbocycles. The molecule has 0 bridgehead atoms. The Morgan fingerprint density at radius 3 is 2.53 bits per heavy atom. The Balaban J connectivity index is 1.11. The van der Waals surface area contributed by atoms with Crippen molar-refractivity contribution < 1.29 is 18.8 Å². The number of anilines is 2. The molecule has 2 heterocycles. The molecule has 0 atom stereocenters. The molecule has 0 unspecified atom stereocenters. The number of piperazine rings is 1. The number of urea groups is 1. The van der Waals surface area contributed by atoms with Gasteiger partial charge in [-0.3, -0.25) is 19.8 Å². The van der Waals surface area contributed by atoms with Crippen LogP contribution in [0.5, 0.6) is 0 Å². The zero-order chi connectivity index (χ0) is 26.5. The summed E-state index contributed by atoms with van der Waals surface area (Å²) in [5.41, 5.74) is 1.86. The third-order valence-electron chi connectivity index (χ3n) is 6.62. The minimum absolute atomic E-state index is 0.0437. The SMILES string of the molecule is O=C(NCC1CC1)Nc1ccc(C(=O)N2CCN(Cc3cccc(C(=O)Nc4nccs4)c3)CC2)cc1F. The summed E-state index contributed by atoms with van der Waals surface area (Å²) in [5, 5.41) is 10.4. The summed E-state index contributed by atoms with van der Waals surface area (Å²) in [6, 6.07) is 11.2. The van der Waals surface area contributed by atoms with Gasteiger partial charge in [-0.25, -0.2) is 14.2 Å². The minimum atomic E-state index is -0.644. The smallest absolute Gasteiger partial charge is 0.319 e. The van der Waals surface area contributed by atoms with Crippen molar-refractivity contribution in [3.05, 3.63) is 76.5 Å². The third kappa shape index (κ3) is 6.73. The van der Waals surface area contributed by atoms with Crippen molar-refractivity contribution in [3.63, 3.8) is 0 Å². The van der Waals surface area contributed by atoms with Crippen LogP contribution in [0, 0.1) is 11.7 Å². The normalized spacial score (nSPS) is 15.7. The Bertz CT molecular complexity index is 1310. The Morgan fingerprint density at radius 2 is 1.82 bits per heavy atom. The van der Waals surface area contributed by atoms with Crippen LogP contribution in [-0.2, 0) is 6.54 Å². The quantitative estimate of drug-likeness (QED) is 0.403. The maximum absolute atomic E-state index is 14.6. The van der Waals surface area contributed by atoms with Crippen LogP contribution >= 0.6 is 11.3 Å². The molecule has 1 aromatic heterocycles. The maximum Gasteiger partial charge on any atom is 0.319 e. The highest BCUT2D eigenvalue weighted by Gasteiger charge is 2.24. The van der Waals surface area contributed by atoms with Crippen molar-refractivity contribution >= 4 is 40.0 Å². The van der Waals surface area contributed by atoms with E-state index in [4.69, 9.17) is 0 Å². The number of amides is 4. The summed E-state index contributed by atoms with van der Waals surface area (Å²) in [5.74, 6) is -0.564. The third-order valence-corrected chi connectivity index (χ3v) is 7.31. The summed E-state index contributed by atoms with van der Waals surface area (Å²) in [4.78, 5) is 45.4. The topological polar surface area (TPSA) is 107 Å². The van der Waals surface area contributed by atoms with Crippen LogP contribution in [0.2, 0.25) is 0 Å². The summed E-state index contributed by atoms with van der Waals surface area (Å²) in [6.45, 7) is 3.57. The number of benzene rings is 2. The molecular weight excluding hydrogens is 507 g/mol. The lowest BCUT2D eigenvalue weighted by molar-refractivity contribution is 0.0627. The van der Waals surface area contributed by atoms with Gasteiger partial charge in [0.15, 0.2) is 5.13 Å². The molecule has 2 fully saturated rings. The second-order valence-electron chi connectivity index (χ2n) is 9.53. The first-order valence-electron chi connectivity index (χ1n) is 12.6. The molecule has 198 valence electrons. The first kappa shape index (κ1) is 25.8. The number of nitrogens with one attached hydrogen (secondary N) is 3. The average Bonchev–Trinajstić information content (AvgIpc) is 3.62. The van der Waals surface area contributed by atoms with E-state index in [1.807, 2.05) is 18.2 Å². The van der Waals surface area contributed by atoms with Gasteiger partial charge in [-0.15, -0.1) is 11.3 Å². The van der Waals surface area contributed by atoms with Crippen molar-refractivity contribution in [2.24, 2.45) is 5.92 Å². The molecule has 2 aromatic carbocycles. The van der Waals surface area contributed by atoms with Gasteiger partial charge in [0, 0.05) is 62.0 Å². The van der Waals surface area contributed by atoms with E-state index in [-0.39, 0.29) is 23.1 Å². The number of aromatic nitrogens is 1. The van der Waals surface area contributed by atoms with Crippen molar-refractivity contribution in [2.45, 2.75) is 19.4 Å². The highest BCUT2D eigenvalue weighted by Crippen LogP contribution is 2.27. The summed E-state index contributed by atoms with van der Waals surface area (Å²) >= 11 is 1.36. The maximum atomic E-state index is 14.6. The van der Waals surface area contributed by atoms with E-state index in [1.165, 1.54) is 29.5 Å². The molecule has 0 radical (unpaired) electrons. The number of thiazole rings is 1. The summed E-state index contributed by atoms with van der Waals surface area (Å²) in [6.07, 6.45) is 3.86. The second kappa shape index (κ2) is 11.7. The van der Waals surface area contributed by atoms with Gasteiger partial charge in [0.25, 0.3) is 11.8 Å². The molecule has 9 nitrogen and oxygen atoms in total. The van der Waals surface area contributed by atoms with Gasteiger partial charge >= 0.3 is 6.03 Å². The molecule has 1 saturated carbocycles. The lowest BCUT2D eigenvalue weighted by Crippen LogP contribution is -2.48. The van der Waals surface area contributed by atoms with Gasteiger partial charge in [-0.2, -0.15) is 0 Å². The number of hydrogen-bond acceptors (Lipinski definition) is 6. The Morgan fingerprint density at radius 1 is 1.00 bits per heavy atom. The Kier molecular flexibility index (Phi) is 7.94. The van der Waals surface area contributed by atoms with E-state index in [1.54, 1.807) is 22.5 Å². The van der Waals surface area contributed by atoms with Crippen LogP contribution in [0.25, 0.3) is 0 Å². The predicted octanol–water partition coefficient (Wildman–Crippen LogP) is 4.02. The fourth-order valence-electron chi connectivity index (χ4n) is 4.29. The molecule has 38 heavy (non-hydrogen) atoms. The van der Waals surface area contributed by atoms with Crippen LogP contribution < -0.4 is 16.0 Å². The monoisotopic (exact) mass is 536 g/mol. The molecule has 1 aliphatic heterocycles. The minimum Gasteiger partial charge on any atom is -0.338 e. The first-order valence-corrected chi connectivity index (χ1v) is 13.5. The van der Waals surface area contributed by atoms with E-state index in [2.05, 4.69) is 25.8 Å². The molecule has 1 saturated heterocycles. The number of carbonyl (C=O) groups is 3. The zero-order valence-corrected chi connectivity index (χ0v) is 21.6.